The van der Waals surface area contributed by atoms with E-state index in [1.807, 2.05) is 6.07 Å². The lowest BCUT2D eigenvalue weighted by Gasteiger charge is -2.28. The van der Waals surface area contributed by atoms with Crippen LogP contribution in [0.25, 0.3) is 0 Å². The van der Waals surface area contributed by atoms with E-state index in [1.165, 1.54) is 17.0 Å². The third-order valence-electron chi connectivity index (χ3n) is 4.24. The number of halogens is 2. The summed E-state index contributed by atoms with van der Waals surface area (Å²) in [5.41, 5.74) is 0.785. The number of hydrogen-bond donors (Lipinski definition) is 1. The first-order chi connectivity index (χ1) is 12.4. The van der Waals surface area contributed by atoms with Gasteiger partial charge in [0.1, 0.15) is 5.82 Å². The second-order valence-corrected chi connectivity index (χ2v) is 8.80. The van der Waals surface area contributed by atoms with E-state index in [0.29, 0.717) is 12.1 Å². The van der Waals surface area contributed by atoms with E-state index in [4.69, 9.17) is 11.6 Å². The minimum absolute atomic E-state index is 0.0630. The van der Waals surface area contributed by atoms with Crippen molar-refractivity contribution in [2.45, 2.75) is 12.5 Å². The van der Waals surface area contributed by atoms with E-state index < -0.39 is 21.7 Å². The van der Waals surface area contributed by atoms with Gasteiger partial charge in [-0.25, -0.2) is 12.8 Å². The van der Waals surface area contributed by atoms with Crippen LogP contribution >= 0.6 is 11.6 Å². The molecular weight excluding hydrogens is 379 g/mol. The van der Waals surface area contributed by atoms with Crippen molar-refractivity contribution in [3.8, 4) is 0 Å². The standard InChI is InChI=1S/C18H18ClFN2O3S/c19-13-6-7-17(16(20)10-13)21-11-18(23)22(14-4-2-1-3-5-14)15-8-9-26(24,25)12-15/h1-7,10,15,21H,8-9,11-12H2/t15-/m1/s1. The maximum absolute atomic E-state index is 13.9. The maximum Gasteiger partial charge on any atom is 0.246 e. The molecule has 0 aliphatic carbocycles. The van der Waals surface area contributed by atoms with E-state index in [1.54, 1.807) is 24.3 Å². The molecule has 0 bridgehead atoms. The third-order valence-corrected chi connectivity index (χ3v) is 6.22. The summed E-state index contributed by atoms with van der Waals surface area (Å²) in [5, 5.41) is 3.03. The highest BCUT2D eigenvalue weighted by molar-refractivity contribution is 7.91. The molecule has 2 aromatic carbocycles. The van der Waals surface area contributed by atoms with Crippen LogP contribution in [0.2, 0.25) is 5.02 Å². The Morgan fingerprint density at radius 2 is 1.96 bits per heavy atom. The van der Waals surface area contributed by atoms with Crippen LogP contribution in [-0.2, 0) is 14.6 Å². The van der Waals surface area contributed by atoms with Gasteiger partial charge in [-0.2, -0.15) is 0 Å². The Morgan fingerprint density at radius 1 is 1.23 bits per heavy atom. The number of benzene rings is 2. The van der Waals surface area contributed by atoms with Gasteiger partial charge in [0.05, 0.1) is 29.8 Å². The molecular formula is C18H18ClFN2O3S. The number of nitrogens with zero attached hydrogens (tertiary/aromatic N) is 1. The molecule has 0 aromatic heterocycles. The van der Waals surface area contributed by atoms with E-state index in [2.05, 4.69) is 5.32 Å². The van der Waals surface area contributed by atoms with E-state index in [-0.39, 0.29) is 34.7 Å². The molecule has 1 atom stereocenters. The number of carbonyl (C=O) groups is 1. The summed E-state index contributed by atoms with van der Waals surface area (Å²) in [4.78, 5) is 14.3. The lowest BCUT2D eigenvalue weighted by molar-refractivity contribution is -0.117. The molecule has 1 aliphatic heterocycles. The van der Waals surface area contributed by atoms with Gasteiger partial charge < -0.3 is 10.2 Å². The first-order valence-corrected chi connectivity index (χ1v) is 10.3. The molecule has 1 amide bonds. The topological polar surface area (TPSA) is 66.5 Å². The summed E-state index contributed by atoms with van der Waals surface area (Å²) in [7, 11) is -3.15. The van der Waals surface area contributed by atoms with Crippen LogP contribution in [0.3, 0.4) is 0 Å². The Labute approximate surface area is 156 Å². The number of rotatable bonds is 5. The molecule has 0 radical (unpaired) electrons. The van der Waals surface area contributed by atoms with Crippen molar-refractivity contribution in [2.24, 2.45) is 0 Å². The number of amides is 1. The predicted octanol–water partition coefficient (Wildman–Crippen LogP) is 3.11. The fourth-order valence-electron chi connectivity index (χ4n) is 3.01. The second kappa shape index (κ2) is 7.63. The molecule has 0 spiro atoms. The van der Waals surface area contributed by atoms with Crippen LogP contribution < -0.4 is 10.2 Å². The van der Waals surface area contributed by atoms with Crippen LogP contribution in [0.5, 0.6) is 0 Å². The van der Waals surface area contributed by atoms with Crippen LogP contribution in [-0.4, -0.2) is 38.4 Å². The summed E-state index contributed by atoms with van der Waals surface area (Å²) >= 11 is 5.72. The summed E-state index contributed by atoms with van der Waals surface area (Å²) in [6.07, 6.45) is 0.387. The monoisotopic (exact) mass is 396 g/mol. The molecule has 5 nitrogen and oxygen atoms in total. The average molecular weight is 397 g/mol. The van der Waals surface area contributed by atoms with Gasteiger partial charge in [-0.1, -0.05) is 29.8 Å². The zero-order valence-electron chi connectivity index (χ0n) is 13.9. The Kier molecular flexibility index (Phi) is 5.48. The molecule has 138 valence electrons. The van der Waals surface area contributed by atoms with Crippen LogP contribution in [0.15, 0.2) is 48.5 Å². The number of nitrogens with one attached hydrogen (secondary N) is 1. The van der Waals surface area contributed by atoms with Crippen LogP contribution in [0, 0.1) is 5.82 Å². The fourth-order valence-corrected chi connectivity index (χ4v) is 4.87. The van der Waals surface area contributed by atoms with Crippen LogP contribution in [0.1, 0.15) is 6.42 Å². The first-order valence-electron chi connectivity index (χ1n) is 8.12. The second-order valence-electron chi connectivity index (χ2n) is 6.13. The predicted molar refractivity (Wildman–Crippen MR) is 101 cm³/mol. The molecule has 2 aromatic rings. The quantitative estimate of drug-likeness (QED) is 0.843. The van der Waals surface area contributed by atoms with Crippen molar-refractivity contribution < 1.29 is 17.6 Å². The molecule has 1 N–H and O–H groups in total. The lowest BCUT2D eigenvalue weighted by atomic mass is 10.1. The van der Waals surface area contributed by atoms with Gasteiger partial charge in [0.15, 0.2) is 9.84 Å². The highest BCUT2D eigenvalue weighted by Crippen LogP contribution is 2.25. The molecule has 0 saturated carbocycles. The van der Waals surface area contributed by atoms with Crippen molar-refractivity contribution in [3.05, 3.63) is 59.4 Å². The first kappa shape index (κ1) is 18.7. The zero-order valence-corrected chi connectivity index (χ0v) is 15.4. The van der Waals surface area contributed by atoms with Crippen molar-refractivity contribution in [2.75, 3.05) is 28.3 Å². The summed E-state index contributed by atoms with van der Waals surface area (Å²) in [5.74, 6) is -0.885. The van der Waals surface area contributed by atoms with E-state index >= 15 is 0 Å². The van der Waals surface area contributed by atoms with Gasteiger partial charge in [-0.15, -0.1) is 0 Å². The van der Waals surface area contributed by atoms with Crippen molar-refractivity contribution in [1.82, 2.24) is 0 Å². The molecule has 8 heteroatoms. The van der Waals surface area contributed by atoms with Gasteiger partial charge in [0.25, 0.3) is 0 Å². The average Bonchev–Trinajstić information content (AvgIpc) is 2.95. The molecule has 26 heavy (non-hydrogen) atoms. The highest BCUT2D eigenvalue weighted by Gasteiger charge is 2.35. The van der Waals surface area contributed by atoms with Gasteiger partial charge in [-0.05, 0) is 36.8 Å². The number of para-hydroxylation sites is 1. The van der Waals surface area contributed by atoms with E-state index in [0.717, 1.165) is 6.07 Å². The lowest BCUT2D eigenvalue weighted by Crippen LogP contribution is -2.44. The number of anilines is 2. The SMILES string of the molecule is O=C(CNc1ccc(Cl)cc1F)N(c1ccccc1)[C@@H]1CCS(=O)(=O)C1. The molecule has 0 unspecified atom stereocenters. The Hall–Kier alpha value is -2.12. The van der Waals surface area contributed by atoms with E-state index in [9.17, 15) is 17.6 Å². The van der Waals surface area contributed by atoms with Gasteiger partial charge >= 0.3 is 0 Å². The van der Waals surface area contributed by atoms with Gasteiger partial charge in [-0.3, -0.25) is 4.79 Å². The molecule has 1 aliphatic rings. The third kappa shape index (κ3) is 4.34. The van der Waals surface area contributed by atoms with Gasteiger partial charge in [0.2, 0.25) is 5.91 Å². The molecule has 1 fully saturated rings. The Morgan fingerprint density at radius 3 is 2.58 bits per heavy atom. The largest absolute Gasteiger partial charge is 0.374 e. The Balaban J connectivity index is 1.79. The number of sulfone groups is 1. The highest BCUT2D eigenvalue weighted by atomic mass is 35.5. The molecule has 3 rings (SSSR count). The zero-order chi connectivity index (χ0) is 18.7. The maximum atomic E-state index is 13.9. The number of hydrogen-bond acceptors (Lipinski definition) is 4. The number of carbonyl (C=O) groups excluding carboxylic acids is 1. The minimum atomic E-state index is -3.15. The van der Waals surface area contributed by atoms with Gasteiger partial charge in [0, 0.05) is 10.7 Å². The van der Waals surface area contributed by atoms with Crippen molar-refractivity contribution in [1.29, 1.82) is 0 Å². The van der Waals surface area contributed by atoms with Crippen molar-refractivity contribution >= 4 is 38.7 Å². The molecule has 1 heterocycles. The molecule has 1 saturated heterocycles. The normalized spacial score (nSPS) is 18.5. The summed E-state index contributed by atoms with van der Waals surface area (Å²) < 4.78 is 37.6. The smallest absolute Gasteiger partial charge is 0.246 e. The van der Waals surface area contributed by atoms with Crippen molar-refractivity contribution in [3.63, 3.8) is 0 Å². The summed E-state index contributed by atoms with van der Waals surface area (Å²) in [6, 6.07) is 12.6. The van der Waals surface area contributed by atoms with Crippen LogP contribution in [0.4, 0.5) is 15.8 Å². The fraction of sp³-hybridized carbons (Fsp3) is 0.278. The summed E-state index contributed by atoms with van der Waals surface area (Å²) in [6.45, 7) is -0.163. The minimum Gasteiger partial charge on any atom is -0.374 e. The Bertz CT molecular complexity index is 906.